The van der Waals surface area contributed by atoms with Crippen LogP contribution in [0.4, 0.5) is 10.6 Å². The monoisotopic (exact) mass is 583 g/mol. The summed E-state index contributed by atoms with van der Waals surface area (Å²) in [4.78, 5) is 18.3. The number of benzene rings is 1. The molecule has 1 aliphatic carbocycles. The molecule has 11 heteroatoms. The molecule has 0 atom stereocenters. The lowest BCUT2D eigenvalue weighted by Crippen LogP contribution is -2.23. The number of aromatic nitrogens is 4. The van der Waals surface area contributed by atoms with Crippen molar-refractivity contribution in [2.24, 2.45) is 0 Å². The topological polar surface area (TPSA) is 145 Å². The van der Waals surface area contributed by atoms with Crippen LogP contribution in [0.2, 0.25) is 0 Å². The second kappa shape index (κ2) is 12.8. The highest BCUT2D eigenvalue weighted by Gasteiger charge is 2.27. The third-order valence-electron chi connectivity index (χ3n) is 6.49. The highest BCUT2D eigenvalue weighted by Crippen LogP contribution is 2.39. The van der Waals surface area contributed by atoms with Gasteiger partial charge in [0.2, 0.25) is 0 Å². The van der Waals surface area contributed by atoms with Crippen LogP contribution in [0.15, 0.2) is 59.3 Å². The first-order valence-electron chi connectivity index (χ1n) is 12.3. The number of nitrogens with two attached hydrogens (primary N) is 1. The van der Waals surface area contributed by atoms with Crippen molar-refractivity contribution in [3.05, 3.63) is 65.0 Å². The Balaban J connectivity index is 0.000000786. The van der Waals surface area contributed by atoms with Crippen molar-refractivity contribution in [1.29, 1.82) is 0 Å². The molecule has 1 saturated carbocycles. The van der Waals surface area contributed by atoms with Gasteiger partial charge in [-0.3, -0.25) is 4.98 Å². The average Bonchev–Trinajstić information content (AvgIpc) is 3.36. The molecule has 1 aromatic carbocycles. The van der Waals surface area contributed by atoms with Gasteiger partial charge >= 0.3 is 6.16 Å². The number of halogens is 1. The number of hydrogen-bond donors (Lipinski definition) is 3. The van der Waals surface area contributed by atoms with Gasteiger partial charge in [0.25, 0.3) is 0 Å². The van der Waals surface area contributed by atoms with E-state index in [9.17, 15) is 0 Å². The molecule has 0 aliphatic heterocycles. The maximum Gasteiger partial charge on any atom is 0.503 e. The van der Waals surface area contributed by atoms with E-state index >= 15 is 0 Å². The molecular formula is C27H30BrN5O5. The molecule has 3 heterocycles. The van der Waals surface area contributed by atoms with Crippen molar-refractivity contribution in [2.75, 3.05) is 26.1 Å². The summed E-state index contributed by atoms with van der Waals surface area (Å²) in [6, 6.07) is 14.2. The van der Waals surface area contributed by atoms with E-state index in [1.807, 2.05) is 36.7 Å². The summed E-state index contributed by atoms with van der Waals surface area (Å²) in [6.07, 6.45) is 6.17. The Bertz CT molecular complexity index is 1350. The molecule has 200 valence electrons. The fraction of sp³-hybridized carbons (Fsp3) is 0.333. The van der Waals surface area contributed by atoms with Crippen LogP contribution in [-0.4, -0.2) is 62.4 Å². The summed E-state index contributed by atoms with van der Waals surface area (Å²) < 4.78 is 13.6. The molecule has 4 aromatic rings. The predicted octanol–water partition coefficient (Wildman–Crippen LogP) is 5.71. The fourth-order valence-corrected chi connectivity index (χ4v) is 5.20. The van der Waals surface area contributed by atoms with Crippen LogP contribution in [0.1, 0.15) is 37.3 Å². The number of anilines is 1. The maximum absolute atomic E-state index is 8.56. The summed E-state index contributed by atoms with van der Waals surface area (Å²) in [7, 11) is 1.70. The third kappa shape index (κ3) is 6.47. The fourth-order valence-electron chi connectivity index (χ4n) is 4.62. The number of rotatable bonds is 7. The first kappa shape index (κ1) is 27.5. The van der Waals surface area contributed by atoms with Crippen LogP contribution in [-0.2, 0) is 9.47 Å². The Labute approximate surface area is 228 Å². The van der Waals surface area contributed by atoms with Gasteiger partial charge in [-0.2, -0.15) is 9.61 Å². The van der Waals surface area contributed by atoms with Crippen LogP contribution < -0.4 is 5.73 Å². The zero-order valence-electron chi connectivity index (χ0n) is 21.0. The standard InChI is InChI=1S/C26H28BrN5O2.CH2O3/c1-33-13-14-34-20-10-7-18(8-11-20)24-23(27)25(28)32-26(31-24)21(16-30-32)19-9-12-22(29-15-19)17-5-3-2-4-6-17;2-1(3)4/h2-6,9,12,15-16,18,20H,7-8,10-11,13-14,28H2,1H3;(H2,2,3,4). The molecule has 0 saturated heterocycles. The van der Waals surface area contributed by atoms with Gasteiger partial charge in [0.1, 0.15) is 5.82 Å². The number of carbonyl (C=O) groups is 1. The van der Waals surface area contributed by atoms with Gasteiger partial charge in [0, 0.05) is 35.9 Å². The normalized spacial score (nSPS) is 17.1. The van der Waals surface area contributed by atoms with E-state index < -0.39 is 6.16 Å². The molecule has 0 radical (unpaired) electrons. The summed E-state index contributed by atoms with van der Waals surface area (Å²) >= 11 is 3.70. The van der Waals surface area contributed by atoms with E-state index in [0.717, 1.165) is 63.9 Å². The van der Waals surface area contributed by atoms with Gasteiger partial charge in [-0.25, -0.2) is 9.78 Å². The molecule has 1 aliphatic rings. The van der Waals surface area contributed by atoms with Crippen LogP contribution in [0, 0.1) is 0 Å². The summed E-state index contributed by atoms with van der Waals surface area (Å²) in [5.74, 6) is 0.892. The number of carboxylic acid groups (broad SMARTS) is 2. The molecule has 0 bridgehead atoms. The van der Waals surface area contributed by atoms with E-state index in [4.69, 9.17) is 35.2 Å². The number of pyridine rings is 1. The molecule has 5 rings (SSSR count). The molecule has 0 amide bonds. The minimum Gasteiger partial charge on any atom is -0.450 e. The van der Waals surface area contributed by atoms with Crippen molar-refractivity contribution >= 4 is 33.6 Å². The number of nitrogen functional groups attached to an aromatic ring is 1. The van der Waals surface area contributed by atoms with Gasteiger partial charge in [-0.05, 0) is 47.7 Å². The number of nitrogens with zero attached hydrogens (tertiary/aromatic N) is 4. The van der Waals surface area contributed by atoms with Crippen LogP contribution in [0.5, 0.6) is 0 Å². The van der Waals surface area contributed by atoms with Crippen molar-refractivity contribution in [1.82, 2.24) is 19.6 Å². The SMILES string of the molecule is COCCOC1CCC(c2nc3c(-c4ccc(-c5ccccc5)nc4)cnn3c(N)c2Br)CC1.O=C(O)O. The van der Waals surface area contributed by atoms with Gasteiger partial charge in [-0.15, -0.1) is 0 Å². The Morgan fingerprint density at radius 2 is 1.76 bits per heavy atom. The Morgan fingerprint density at radius 1 is 1.05 bits per heavy atom. The molecule has 0 unspecified atom stereocenters. The molecule has 4 N–H and O–H groups in total. The van der Waals surface area contributed by atoms with E-state index in [2.05, 4.69) is 44.2 Å². The number of methoxy groups -OCH3 is 1. The van der Waals surface area contributed by atoms with Crippen molar-refractivity contribution in [2.45, 2.75) is 37.7 Å². The summed E-state index contributed by atoms with van der Waals surface area (Å²) in [6.45, 7) is 1.27. The maximum atomic E-state index is 8.56. The zero-order chi connectivity index (χ0) is 27.1. The van der Waals surface area contributed by atoms with Crippen molar-refractivity contribution in [3.63, 3.8) is 0 Å². The molecule has 1 fully saturated rings. The third-order valence-corrected chi connectivity index (χ3v) is 7.31. The van der Waals surface area contributed by atoms with Crippen molar-refractivity contribution in [3.8, 4) is 22.4 Å². The molecule has 0 spiro atoms. The Hall–Kier alpha value is -3.54. The van der Waals surface area contributed by atoms with E-state index in [-0.39, 0.29) is 6.10 Å². The molecule has 3 aromatic heterocycles. The predicted molar refractivity (Wildman–Crippen MR) is 147 cm³/mol. The first-order chi connectivity index (χ1) is 18.4. The lowest BCUT2D eigenvalue weighted by atomic mass is 9.85. The molecule has 38 heavy (non-hydrogen) atoms. The second-order valence-electron chi connectivity index (χ2n) is 8.91. The van der Waals surface area contributed by atoms with Gasteiger partial charge in [0.15, 0.2) is 5.65 Å². The number of hydrogen-bond acceptors (Lipinski definition) is 7. The van der Waals surface area contributed by atoms with E-state index in [1.54, 1.807) is 11.6 Å². The number of fused-ring (bicyclic) bond motifs is 1. The quantitative estimate of drug-likeness (QED) is 0.232. The van der Waals surface area contributed by atoms with Gasteiger partial charge in [0.05, 0.1) is 41.4 Å². The van der Waals surface area contributed by atoms with Crippen molar-refractivity contribution < 1.29 is 24.5 Å². The largest absolute Gasteiger partial charge is 0.503 e. The van der Waals surface area contributed by atoms with Crippen LogP contribution >= 0.6 is 15.9 Å². The van der Waals surface area contributed by atoms with E-state index in [0.29, 0.717) is 24.9 Å². The average molecular weight is 584 g/mol. The Kier molecular flexibility index (Phi) is 9.27. The Morgan fingerprint density at radius 3 is 2.39 bits per heavy atom. The summed E-state index contributed by atoms with van der Waals surface area (Å²) in [5, 5.41) is 18.5. The molecule has 10 nitrogen and oxygen atoms in total. The smallest absolute Gasteiger partial charge is 0.450 e. The molecular weight excluding hydrogens is 554 g/mol. The first-order valence-corrected chi connectivity index (χ1v) is 13.0. The highest BCUT2D eigenvalue weighted by molar-refractivity contribution is 9.10. The van der Waals surface area contributed by atoms with Crippen LogP contribution in [0.25, 0.3) is 28.0 Å². The lowest BCUT2D eigenvalue weighted by molar-refractivity contribution is -0.00299. The van der Waals surface area contributed by atoms with Crippen LogP contribution in [0.3, 0.4) is 0 Å². The second-order valence-corrected chi connectivity index (χ2v) is 9.70. The van der Waals surface area contributed by atoms with E-state index in [1.165, 1.54) is 0 Å². The minimum absolute atomic E-state index is 0.283. The summed E-state index contributed by atoms with van der Waals surface area (Å²) in [5.41, 5.74) is 12.1. The zero-order valence-corrected chi connectivity index (χ0v) is 22.5. The van der Waals surface area contributed by atoms with Gasteiger partial charge in [-0.1, -0.05) is 36.4 Å². The van der Waals surface area contributed by atoms with Gasteiger partial charge < -0.3 is 25.4 Å². The number of ether oxygens (including phenoxy) is 2. The lowest BCUT2D eigenvalue weighted by Gasteiger charge is -2.29. The highest BCUT2D eigenvalue weighted by atomic mass is 79.9. The minimum atomic E-state index is -1.83.